The second kappa shape index (κ2) is 9.11. The molecule has 4 rings (SSSR count). The Balaban J connectivity index is 1.98. The van der Waals surface area contributed by atoms with Gasteiger partial charge in [0, 0.05) is 24.3 Å². The molecule has 0 radical (unpaired) electrons. The third kappa shape index (κ3) is 4.04. The molecule has 4 atom stereocenters. The zero-order chi connectivity index (χ0) is 25.8. The molecule has 1 saturated carbocycles. The van der Waals surface area contributed by atoms with E-state index >= 15 is 0 Å². The molecule has 1 aromatic carbocycles. The van der Waals surface area contributed by atoms with Gasteiger partial charge in [0.15, 0.2) is 14.0 Å². The van der Waals surface area contributed by atoms with Gasteiger partial charge in [-0.15, -0.1) is 0 Å². The van der Waals surface area contributed by atoms with Crippen molar-refractivity contribution in [1.82, 2.24) is 0 Å². The van der Waals surface area contributed by atoms with E-state index in [-0.39, 0.29) is 29.2 Å². The maximum Gasteiger partial charge on any atom is 0.329 e. The van der Waals surface area contributed by atoms with Gasteiger partial charge in [0.25, 0.3) is 5.69 Å². The number of anilines is 1. The largest absolute Gasteiger partial charge is 0.464 e. The lowest BCUT2D eigenvalue weighted by atomic mass is 9.77. The molecule has 0 N–H and O–H groups in total. The summed E-state index contributed by atoms with van der Waals surface area (Å²) in [5.41, 5.74) is -1.02. The Bertz CT molecular complexity index is 1010. The van der Waals surface area contributed by atoms with Crippen LogP contribution in [0, 0.1) is 16.0 Å². The fourth-order valence-electron chi connectivity index (χ4n) is 6.12. The number of rotatable bonds is 6. The number of nitro benzene ring substituents is 1. The van der Waals surface area contributed by atoms with Crippen LogP contribution in [-0.4, -0.2) is 49.8 Å². The topological polar surface area (TPSA) is 91.1 Å². The third-order valence-electron chi connectivity index (χ3n) is 8.55. The van der Waals surface area contributed by atoms with E-state index in [9.17, 15) is 14.9 Å². The summed E-state index contributed by atoms with van der Waals surface area (Å²) < 4.78 is 20.0. The van der Waals surface area contributed by atoms with Gasteiger partial charge in [0.05, 0.1) is 16.0 Å². The molecule has 0 aromatic heterocycles. The van der Waals surface area contributed by atoms with Crippen LogP contribution in [0.3, 0.4) is 0 Å². The molecule has 3 aliphatic rings. The molecule has 194 valence electrons. The minimum absolute atomic E-state index is 0.0459. The number of esters is 1. The number of nitrogens with zero attached hydrogens (tertiary/aromatic N) is 2. The molecular weight excluding hydrogens is 532 g/mol. The van der Waals surface area contributed by atoms with E-state index in [2.05, 4.69) is 49.8 Å². The van der Waals surface area contributed by atoms with Crippen molar-refractivity contribution in [3.05, 3.63) is 32.8 Å². The highest BCUT2D eigenvalue weighted by Crippen LogP contribution is 2.63. The number of nitro groups is 1. The van der Waals surface area contributed by atoms with Gasteiger partial charge in [-0.3, -0.25) is 10.1 Å². The van der Waals surface area contributed by atoms with Gasteiger partial charge in [-0.1, -0.05) is 20.8 Å². The average molecular weight is 570 g/mol. The molecule has 10 heteroatoms. The molecule has 2 saturated heterocycles. The smallest absolute Gasteiger partial charge is 0.329 e. The van der Waals surface area contributed by atoms with Crippen molar-refractivity contribution in [3.63, 3.8) is 0 Å². The molecule has 0 amide bonds. The first kappa shape index (κ1) is 26.6. The highest BCUT2D eigenvalue weighted by atomic mass is 79.9. The van der Waals surface area contributed by atoms with Crippen LogP contribution in [0.1, 0.15) is 59.8 Å². The zero-order valence-corrected chi connectivity index (χ0v) is 24.1. The maximum atomic E-state index is 13.6. The van der Waals surface area contributed by atoms with Crippen LogP contribution in [0.4, 0.5) is 11.4 Å². The number of halogens is 1. The molecule has 2 aliphatic heterocycles. The van der Waals surface area contributed by atoms with Crippen LogP contribution >= 0.6 is 15.9 Å². The molecule has 8 nitrogen and oxygen atoms in total. The van der Waals surface area contributed by atoms with Crippen LogP contribution in [0.2, 0.25) is 18.1 Å². The normalized spacial score (nSPS) is 30.7. The number of ether oxygens (including phenoxy) is 2. The SMILES string of the molecule is CCOC(=O)[C@H]1[C@@H]2CCCO[C@@]23CCC[C@@]3(O[Si](C)(C)C(C)(C)C)N1c1ccc(Br)c([N+](=O)[O-])c1. The van der Waals surface area contributed by atoms with Gasteiger partial charge >= 0.3 is 5.97 Å². The van der Waals surface area contributed by atoms with Crippen molar-refractivity contribution in [2.75, 3.05) is 18.1 Å². The minimum Gasteiger partial charge on any atom is -0.464 e. The summed E-state index contributed by atoms with van der Waals surface area (Å²) in [6.45, 7) is 13.7. The van der Waals surface area contributed by atoms with Crippen molar-refractivity contribution in [3.8, 4) is 0 Å². The second-order valence-electron chi connectivity index (χ2n) is 11.4. The Kier molecular flexibility index (Phi) is 6.92. The number of hydrogen-bond acceptors (Lipinski definition) is 7. The van der Waals surface area contributed by atoms with Crippen molar-refractivity contribution < 1.29 is 23.6 Å². The highest BCUT2D eigenvalue weighted by Gasteiger charge is 2.75. The molecule has 3 fully saturated rings. The Labute approximate surface area is 217 Å². The average Bonchev–Trinajstić information content (AvgIpc) is 3.21. The van der Waals surface area contributed by atoms with Gasteiger partial charge in [-0.2, -0.15) is 0 Å². The second-order valence-corrected chi connectivity index (χ2v) is 17.0. The van der Waals surface area contributed by atoms with Crippen LogP contribution in [0.15, 0.2) is 22.7 Å². The number of hydrogen-bond donors (Lipinski definition) is 0. The van der Waals surface area contributed by atoms with Crippen molar-refractivity contribution >= 4 is 41.6 Å². The Morgan fingerprint density at radius 2 is 2.03 bits per heavy atom. The van der Waals surface area contributed by atoms with E-state index in [1.807, 2.05) is 11.0 Å². The first-order chi connectivity index (χ1) is 16.3. The molecular formula is C25H37BrN2O6Si. The molecule has 0 bridgehead atoms. The first-order valence-corrected chi connectivity index (χ1v) is 16.3. The molecule has 2 heterocycles. The number of carbonyl (C=O) groups excluding carboxylic acids is 1. The van der Waals surface area contributed by atoms with E-state index in [0.717, 1.165) is 25.7 Å². The van der Waals surface area contributed by atoms with Crippen LogP contribution < -0.4 is 4.90 Å². The van der Waals surface area contributed by atoms with E-state index < -0.39 is 30.6 Å². The molecule has 1 aliphatic carbocycles. The Hall–Kier alpha value is -1.49. The molecule has 35 heavy (non-hydrogen) atoms. The fourth-order valence-corrected chi connectivity index (χ4v) is 8.03. The Morgan fingerprint density at radius 3 is 2.66 bits per heavy atom. The maximum absolute atomic E-state index is 13.6. The first-order valence-electron chi connectivity index (χ1n) is 12.6. The lowest BCUT2D eigenvalue weighted by Crippen LogP contribution is -2.65. The van der Waals surface area contributed by atoms with Gasteiger partial charge < -0.3 is 18.8 Å². The fraction of sp³-hybridized carbons (Fsp3) is 0.720. The standard InChI is InChI=1S/C25H37BrN2O6Si/c1-7-32-22(29)21-18-10-8-15-33-24(18)13-9-14-25(24,34-35(5,6)23(2,3)4)27(21)17-11-12-19(26)20(16-17)28(30)31/h11-12,16,18,21H,7-10,13-15H2,1-6H3/t18-,21+,24-,25-/m0/s1. The molecule has 1 spiro atoms. The van der Waals surface area contributed by atoms with Crippen molar-refractivity contribution in [1.29, 1.82) is 0 Å². The Morgan fingerprint density at radius 1 is 1.31 bits per heavy atom. The van der Waals surface area contributed by atoms with E-state index in [1.165, 1.54) is 0 Å². The van der Waals surface area contributed by atoms with Crippen LogP contribution in [0.25, 0.3) is 0 Å². The minimum atomic E-state index is -2.37. The predicted octanol–water partition coefficient (Wildman–Crippen LogP) is 6.18. The van der Waals surface area contributed by atoms with E-state index in [1.54, 1.807) is 19.1 Å². The van der Waals surface area contributed by atoms with Gasteiger partial charge in [0.1, 0.15) is 11.6 Å². The predicted molar refractivity (Wildman–Crippen MR) is 140 cm³/mol. The summed E-state index contributed by atoms with van der Waals surface area (Å²) in [6, 6.07) is 4.43. The summed E-state index contributed by atoms with van der Waals surface area (Å²) in [4.78, 5) is 27.1. The lowest BCUT2D eigenvalue weighted by Gasteiger charge is -2.53. The summed E-state index contributed by atoms with van der Waals surface area (Å²) in [7, 11) is -2.37. The highest BCUT2D eigenvalue weighted by molar-refractivity contribution is 9.10. The third-order valence-corrected chi connectivity index (χ3v) is 13.7. The number of benzene rings is 1. The monoisotopic (exact) mass is 568 g/mol. The summed E-state index contributed by atoms with van der Waals surface area (Å²) in [5.74, 6) is -0.439. The summed E-state index contributed by atoms with van der Waals surface area (Å²) >= 11 is 3.31. The van der Waals surface area contributed by atoms with Crippen molar-refractivity contribution in [2.24, 2.45) is 5.92 Å². The van der Waals surface area contributed by atoms with Crippen LogP contribution in [-0.2, 0) is 18.7 Å². The van der Waals surface area contributed by atoms with Crippen LogP contribution in [0.5, 0.6) is 0 Å². The zero-order valence-electron chi connectivity index (χ0n) is 21.6. The van der Waals surface area contributed by atoms with E-state index in [4.69, 9.17) is 13.9 Å². The summed E-state index contributed by atoms with van der Waals surface area (Å²) in [6.07, 6.45) is 4.05. The quantitative estimate of drug-likeness (QED) is 0.175. The van der Waals surface area contributed by atoms with Gasteiger partial charge in [0.2, 0.25) is 0 Å². The van der Waals surface area contributed by atoms with Crippen molar-refractivity contribution in [2.45, 2.75) is 95.3 Å². The summed E-state index contributed by atoms with van der Waals surface area (Å²) in [5, 5.41) is 11.8. The number of carbonyl (C=O) groups is 1. The van der Waals surface area contributed by atoms with Gasteiger partial charge in [-0.25, -0.2) is 4.79 Å². The molecule has 0 unspecified atom stereocenters. The molecule has 1 aromatic rings. The lowest BCUT2D eigenvalue weighted by molar-refractivity contribution is -0.385. The van der Waals surface area contributed by atoms with Gasteiger partial charge in [-0.05, 0) is 85.2 Å². The van der Waals surface area contributed by atoms with E-state index in [0.29, 0.717) is 23.2 Å².